The van der Waals surface area contributed by atoms with Gasteiger partial charge in [-0.25, -0.2) is 0 Å². The van der Waals surface area contributed by atoms with Gasteiger partial charge in [-0.15, -0.1) is 0 Å². The minimum atomic E-state index is -0.174. The third-order valence-corrected chi connectivity index (χ3v) is 6.68. The Hall–Kier alpha value is -2.85. The van der Waals surface area contributed by atoms with E-state index in [1.54, 1.807) is 0 Å². The molecule has 2 aromatic carbocycles. The quantitative estimate of drug-likeness (QED) is 0.498. The van der Waals surface area contributed by atoms with E-state index < -0.39 is 0 Å². The number of carbonyl (C=O) groups is 1. The molecule has 3 aromatic rings. The van der Waals surface area contributed by atoms with Crippen molar-refractivity contribution in [2.45, 2.75) is 46.0 Å². The summed E-state index contributed by atoms with van der Waals surface area (Å²) in [5, 5.41) is 12.1. The molecule has 2 N–H and O–H groups in total. The summed E-state index contributed by atoms with van der Waals surface area (Å²) in [6.07, 6.45) is 2.37. The second-order valence-electron chi connectivity index (χ2n) is 9.35. The van der Waals surface area contributed by atoms with Crippen molar-refractivity contribution in [2.24, 2.45) is 5.41 Å². The molecule has 1 atom stereocenters. The van der Waals surface area contributed by atoms with Crippen LogP contribution >= 0.6 is 11.6 Å². The van der Waals surface area contributed by atoms with Crippen LogP contribution in [0.1, 0.15) is 56.2 Å². The Morgan fingerprint density at radius 3 is 2.45 bits per heavy atom. The Morgan fingerprint density at radius 1 is 1.06 bits per heavy atom. The first-order valence-corrected chi connectivity index (χ1v) is 11.2. The molecule has 0 bridgehead atoms. The standard InChI is InChI=1S/C26H26ClN3O/c1-4-15-5-7-17(8-6-15)24-23-21(16-9-11-18(27)12-10-16)22-19(28-25(23)30-29-24)13-26(2,3)14-20(22)31/h5-12,21H,4,13-14H2,1-3H3,(H2,28,29,30)/t21-/m0/s1. The molecule has 31 heavy (non-hydrogen) atoms. The second-order valence-corrected chi connectivity index (χ2v) is 9.79. The van der Waals surface area contributed by atoms with Gasteiger partial charge in [-0.05, 0) is 47.1 Å². The number of ketones is 1. The number of rotatable bonds is 3. The highest BCUT2D eigenvalue weighted by Gasteiger charge is 2.42. The number of aryl methyl sites for hydroxylation is 1. The number of nitrogens with one attached hydrogen (secondary N) is 2. The first-order chi connectivity index (χ1) is 14.9. The lowest BCUT2D eigenvalue weighted by molar-refractivity contribution is -0.118. The van der Waals surface area contributed by atoms with Crippen LogP contribution in [0, 0.1) is 5.41 Å². The topological polar surface area (TPSA) is 57.8 Å². The van der Waals surface area contributed by atoms with Gasteiger partial charge in [-0.3, -0.25) is 9.89 Å². The molecule has 0 spiro atoms. The third-order valence-electron chi connectivity index (χ3n) is 6.42. The summed E-state index contributed by atoms with van der Waals surface area (Å²) in [5.74, 6) is 0.836. The maximum absolute atomic E-state index is 13.4. The highest BCUT2D eigenvalue weighted by Crippen LogP contribution is 2.50. The van der Waals surface area contributed by atoms with Gasteiger partial charge in [0.05, 0.1) is 5.69 Å². The van der Waals surface area contributed by atoms with E-state index in [0.29, 0.717) is 11.4 Å². The summed E-state index contributed by atoms with van der Waals surface area (Å²) in [7, 11) is 0. The number of nitrogens with zero attached hydrogens (tertiary/aromatic N) is 1. The molecule has 1 aliphatic heterocycles. The van der Waals surface area contributed by atoms with E-state index in [0.717, 1.165) is 52.3 Å². The van der Waals surface area contributed by atoms with Crippen molar-refractivity contribution in [1.29, 1.82) is 0 Å². The van der Waals surface area contributed by atoms with Gasteiger partial charge in [0.25, 0.3) is 0 Å². The third kappa shape index (κ3) is 3.49. The zero-order valence-corrected chi connectivity index (χ0v) is 18.8. The Morgan fingerprint density at radius 2 is 1.77 bits per heavy atom. The minimum absolute atomic E-state index is 0.0694. The maximum Gasteiger partial charge on any atom is 0.162 e. The van der Waals surface area contributed by atoms with E-state index >= 15 is 0 Å². The van der Waals surface area contributed by atoms with E-state index in [1.165, 1.54) is 5.56 Å². The van der Waals surface area contributed by atoms with Crippen LogP contribution in [0.25, 0.3) is 11.3 Å². The number of Topliss-reactive ketones (excluding diaryl/α,β-unsaturated/α-hetero) is 1. The smallest absolute Gasteiger partial charge is 0.162 e. The summed E-state index contributed by atoms with van der Waals surface area (Å²) in [5.41, 5.74) is 7.18. The van der Waals surface area contributed by atoms with Crippen molar-refractivity contribution in [3.05, 3.63) is 81.5 Å². The largest absolute Gasteiger partial charge is 0.342 e. The minimum Gasteiger partial charge on any atom is -0.342 e. The lowest BCUT2D eigenvalue weighted by Crippen LogP contribution is -2.33. The fourth-order valence-corrected chi connectivity index (χ4v) is 5.04. The molecule has 0 unspecified atom stereocenters. The summed E-state index contributed by atoms with van der Waals surface area (Å²) >= 11 is 6.18. The average Bonchev–Trinajstić information content (AvgIpc) is 3.15. The number of benzene rings is 2. The zero-order chi connectivity index (χ0) is 21.8. The van der Waals surface area contributed by atoms with Crippen LogP contribution in [0.4, 0.5) is 5.82 Å². The number of anilines is 1. The number of carbonyl (C=O) groups excluding carboxylic acids is 1. The normalized spacial score (nSPS) is 19.6. The fraction of sp³-hybridized carbons (Fsp3) is 0.308. The summed E-state index contributed by atoms with van der Waals surface area (Å²) in [4.78, 5) is 13.4. The number of aromatic amines is 1. The molecule has 0 saturated heterocycles. The lowest BCUT2D eigenvalue weighted by atomic mass is 9.69. The van der Waals surface area contributed by atoms with Gasteiger partial charge in [0.2, 0.25) is 0 Å². The Labute approximate surface area is 187 Å². The summed E-state index contributed by atoms with van der Waals surface area (Å²) < 4.78 is 0. The predicted octanol–water partition coefficient (Wildman–Crippen LogP) is 6.49. The Kier molecular flexibility index (Phi) is 4.78. The lowest BCUT2D eigenvalue weighted by Gasteiger charge is -2.38. The average molecular weight is 432 g/mol. The van der Waals surface area contributed by atoms with Gasteiger partial charge in [0.15, 0.2) is 11.6 Å². The Balaban J connectivity index is 1.70. The molecular formula is C26H26ClN3O. The van der Waals surface area contributed by atoms with Crippen molar-refractivity contribution >= 4 is 23.2 Å². The molecule has 0 radical (unpaired) electrons. The van der Waals surface area contributed by atoms with Crippen LogP contribution in [0.3, 0.4) is 0 Å². The molecule has 5 heteroatoms. The van der Waals surface area contributed by atoms with Crippen molar-refractivity contribution < 1.29 is 4.79 Å². The molecule has 0 fully saturated rings. The first kappa shape index (κ1) is 20.1. The Bertz CT molecular complexity index is 1190. The van der Waals surface area contributed by atoms with Crippen molar-refractivity contribution in [3.8, 4) is 11.3 Å². The van der Waals surface area contributed by atoms with Gasteiger partial charge in [-0.1, -0.05) is 68.8 Å². The monoisotopic (exact) mass is 431 g/mol. The van der Waals surface area contributed by atoms with E-state index in [-0.39, 0.29) is 17.1 Å². The predicted molar refractivity (Wildman–Crippen MR) is 125 cm³/mol. The highest BCUT2D eigenvalue weighted by molar-refractivity contribution is 6.30. The first-order valence-electron chi connectivity index (χ1n) is 10.8. The number of hydrogen-bond acceptors (Lipinski definition) is 3. The summed E-state index contributed by atoms with van der Waals surface area (Å²) in [6.45, 7) is 6.45. The van der Waals surface area contributed by atoms with Crippen molar-refractivity contribution in [1.82, 2.24) is 10.2 Å². The molecule has 2 heterocycles. The zero-order valence-electron chi connectivity index (χ0n) is 18.1. The van der Waals surface area contributed by atoms with Crippen molar-refractivity contribution in [3.63, 3.8) is 0 Å². The molecule has 0 amide bonds. The van der Waals surface area contributed by atoms with Crippen molar-refractivity contribution in [2.75, 3.05) is 5.32 Å². The van der Waals surface area contributed by atoms with Crippen LogP contribution in [0.2, 0.25) is 5.02 Å². The molecular weight excluding hydrogens is 406 g/mol. The van der Waals surface area contributed by atoms with E-state index in [1.807, 2.05) is 24.3 Å². The molecule has 5 rings (SSSR count). The van der Waals surface area contributed by atoms with Gasteiger partial charge in [-0.2, -0.15) is 5.10 Å². The second kappa shape index (κ2) is 7.38. The van der Waals surface area contributed by atoms with Gasteiger partial charge < -0.3 is 5.32 Å². The number of aromatic nitrogens is 2. The number of halogens is 1. The molecule has 4 nitrogen and oxygen atoms in total. The van der Waals surface area contributed by atoms with E-state index in [9.17, 15) is 4.79 Å². The van der Waals surface area contributed by atoms with Gasteiger partial charge in [0, 0.05) is 34.2 Å². The van der Waals surface area contributed by atoms with Gasteiger partial charge in [0.1, 0.15) is 0 Å². The van der Waals surface area contributed by atoms with Crippen LogP contribution < -0.4 is 5.32 Å². The highest BCUT2D eigenvalue weighted by atomic mass is 35.5. The molecule has 1 aliphatic carbocycles. The molecule has 2 aliphatic rings. The van der Waals surface area contributed by atoms with Crippen LogP contribution in [0.15, 0.2) is 59.8 Å². The van der Waals surface area contributed by atoms with Crippen LogP contribution in [-0.2, 0) is 11.2 Å². The number of fused-ring (bicyclic) bond motifs is 1. The fourth-order valence-electron chi connectivity index (χ4n) is 4.91. The van der Waals surface area contributed by atoms with E-state index in [2.05, 4.69) is 60.6 Å². The number of H-pyrrole nitrogens is 1. The SMILES string of the molecule is CCc1ccc(-c2[nH]nc3c2[C@@H](c2ccc(Cl)cc2)C2=C(CC(C)(C)CC2=O)N3)cc1. The molecule has 158 valence electrons. The van der Waals surface area contributed by atoms with E-state index in [4.69, 9.17) is 11.6 Å². The maximum atomic E-state index is 13.4. The number of allylic oxidation sites excluding steroid dienone is 2. The molecule has 0 saturated carbocycles. The number of hydrogen-bond donors (Lipinski definition) is 2. The molecule has 1 aromatic heterocycles. The van der Waals surface area contributed by atoms with Crippen LogP contribution in [0.5, 0.6) is 0 Å². The van der Waals surface area contributed by atoms with Crippen LogP contribution in [-0.4, -0.2) is 16.0 Å². The van der Waals surface area contributed by atoms with Gasteiger partial charge >= 0.3 is 0 Å². The summed E-state index contributed by atoms with van der Waals surface area (Å²) in [6, 6.07) is 16.4.